The van der Waals surface area contributed by atoms with E-state index in [1.165, 1.54) is 0 Å². The lowest BCUT2D eigenvalue weighted by Crippen LogP contribution is -2.11. The van der Waals surface area contributed by atoms with Crippen molar-refractivity contribution in [2.75, 3.05) is 5.32 Å². The Labute approximate surface area is 213 Å². The van der Waals surface area contributed by atoms with E-state index < -0.39 is 0 Å². The van der Waals surface area contributed by atoms with Gasteiger partial charge in [-0.1, -0.05) is 35.0 Å². The number of fused-ring (bicyclic) bond motifs is 1. The Hall–Kier alpha value is -4.10. The molecule has 0 atom stereocenters. The van der Waals surface area contributed by atoms with Gasteiger partial charge in [0.15, 0.2) is 11.6 Å². The van der Waals surface area contributed by atoms with E-state index in [1.807, 2.05) is 68.4 Å². The first-order valence-electron chi connectivity index (χ1n) is 11.6. The van der Waals surface area contributed by atoms with Crippen molar-refractivity contribution in [3.63, 3.8) is 0 Å². The average Bonchev–Trinajstić information content (AvgIpc) is 3.23. The van der Waals surface area contributed by atoms with Gasteiger partial charge in [-0.05, 0) is 73.4 Å². The molecule has 180 valence electrons. The second-order valence-electron chi connectivity index (χ2n) is 8.59. The van der Waals surface area contributed by atoms with Gasteiger partial charge in [0.1, 0.15) is 11.6 Å². The molecule has 5 aromatic rings. The fourth-order valence-corrected chi connectivity index (χ4v) is 4.40. The number of carbonyl (C=O) groups is 1. The molecule has 0 saturated heterocycles. The van der Waals surface area contributed by atoms with Crippen molar-refractivity contribution >= 4 is 34.1 Å². The fourth-order valence-electron chi connectivity index (χ4n) is 4.19. The maximum absolute atomic E-state index is 13.1. The van der Waals surface area contributed by atoms with Crippen LogP contribution in [0.2, 0.25) is 5.02 Å². The predicted octanol–water partition coefficient (Wildman–Crippen LogP) is 6.38. The monoisotopic (exact) mass is 497 g/mol. The SMILES string of the molecule is Cc1noc(C)c1-c1ccc2nc(C(=O)CCc3ccncc3)nc(NCc3cccc(Cl)c3)c2c1. The smallest absolute Gasteiger partial charge is 0.200 e. The zero-order valence-corrected chi connectivity index (χ0v) is 20.7. The molecule has 3 heterocycles. The lowest BCUT2D eigenvalue weighted by atomic mass is 10.0. The highest BCUT2D eigenvalue weighted by molar-refractivity contribution is 6.30. The number of aryl methyl sites for hydroxylation is 3. The minimum Gasteiger partial charge on any atom is -0.365 e. The van der Waals surface area contributed by atoms with Gasteiger partial charge in [-0.2, -0.15) is 0 Å². The third-order valence-corrected chi connectivity index (χ3v) is 6.24. The van der Waals surface area contributed by atoms with E-state index in [9.17, 15) is 4.79 Å². The van der Waals surface area contributed by atoms with Crippen LogP contribution in [0.3, 0.4) is 0 Å². The first-order chi connectivity index (χ1) is 17.5. The van der Waals surface area contributed by atoms with Gasteiger partial charge < -0.3 is 9.84 Å². The van der Waals surface area contributed by atoms with Gasteiger partial charge in [0.05, 0.1) is 11.2 Å². The third kappa shape index (κ3) is 5.11. The van der Waals surface area contributed by atoms with E-state index in [0.29, 0.717) is 35.7 Å². The van der Waals surface area contributed by atoms with Crippen LogP contribution in [0.25, 0.3) is 22.0 Å². The standard InChI is InChI=1S/C28H24ClN5O2/c1-17-26(18(2)36-34-17)21-7-8-24-23(15-21)27(31-16-20-4-3-5-22(29)14-20)33-28(32-24)25(35)9-6-19-10-12-30-13-11-19/h3-5,7-8,10-15H,6,9,16H2,1-2H3,(H,31,32,33). The normalized spacial score (nSPS) is 11.1. The summed E-state index contributed by atoms with van der Waals surface area (Å²) in [5, 5.41) is 8.94. The molecule has 1 N–H and O–H groups in total. The Morgan fingerprint density at radius 3 is 2.58 bits per heavy atom. The Morgan fingerprint density at radius 2 is 1.83 bits per heavy atom. The zero-order chi connectivity index (χ0) is 25.1. The number of ketones is 1. The largest absolute Gasteiger partial charge is 0.365 e. The number of aromatic nitrogens is 4. The molecule has 8 heteroatoms. The van der Waals surface area contributed by atoms with Crippen LogP contribution in [0.15, 0.2) is 71.5 Å². The fraction of sp³-hybridized carbons (Fsp3) is 0.179. The number of pyridine rings is 1. The molecule has 0 saturated carbocycles. The number of hydrogen-bond acceptors (Lipinski definition) is 7. The van der Waals surface area contributed by atoms with E-state index in [-0.39, 0.29) is 11.6 Å². The van der Waals surface area contributed by atoms with Crippen LogP contribution in [0.1, 0.15) is 39.6 Å². The van der Waals surface area contributed by atoms with Crippen LogP contribution in [0, 0.1) is 13.8 Å². The molecule has 0 aliphatic carbocycles. The highest BCUT2D eigenvalue weighted by Gasteiger charge is 2.17. The molecule has 0 aliphatic heterocycles. The lowest BCUT2D eigenvalue weighted by molar-refractivity contribution is 0.0973. The van der Waals surface area contributed by atoms with Crippen molar-refractivity contribution in [2.45, 2.75) is 33.2 Å². The van der Waals surface area contributed by atoms with Gasteiger partial charge in [0.25, 0.3) is 0 Å². The number of rotatable bonds is 8. The maximum Gasteiger partial charge on any atom is 0.200 e. The summed E-state index contributed by atoms with van der Waals surface area (Å²) in [5.41, 5.74) is 5.43. The first kappa shape index (κ1) is 23.6. The number of carbonyl (C=O) groups excluding carboxylic acids is 1. The minimum atomic E-state index is -0.116. The van der Waals surface area contributed by atoms with Crippen LogP contribution < -0.4 is 5.32 Å². The molecule has 0 radical (unpaired) electrons. The number of anilines is 1. The van der Waals surface area contributed by atoms with E-state index >= 15 is 0 Å². The number of benzene rings is 2. The Bertz CT molecular complexity index is 1530. The van der Waals surface area contributed by atoms with Gasteiger partial charge in [0.2, 0.25) is 0 Å². The summed E-state index contributed by atoms with van der Waals surface area (Å²) >= 11 is 6.16. The number of hydrogen-bond donors (Lipinski definition) is 1. The summed E-state index contributed by atoms with van der Waals surface area (Å²) in [6.45, 7) is 4.29. The zero-order valence-electron chi connectivity index (χ0n) is 20.0. The summed E-state index contributed by atoms with van der Waals surface area (Å²) in [4.78, 5) is 26.4. The molecule has 0 aliphatic rings. The molecule has 0 fully saturated rings. The second-order valence-corrected chi connectivity index (χ2v) is 9.03. The Balaban J connectivity index is 1.51. The highest BCUT2D eigenvalue weighted by atomic mass is 35.5. The number of nitrogens with one attached hydrogen (secondary N) is 1. The quantitative estimate of drug-likeness (QED) is 0.248. The second kappa shape index (κ2) is 10.3. The van der Waals surface area contributed by atoms with E-state index in [1.54, 1.807) is 12.4 Å². The van der Waals surface area contributed by atoms with Crippen molar-refractivity contribution in [3.8, 4) is 11.1 Å². The van der Waals surface area contributed by atoms with Crippen LogP contribution in [0.4, 0.5) is 5.82 Å². The van der Waals surface area contributed by atoms with Crippen LogP contribution in [-0.4, -0.2) is 25.9 Å². The van der Waals surface area contributed by atoms with Crippen molar-refractivity contribution in [2.24, 2.45) is 0 Å². The molecular formula is C28H24ClN5O2. The third-order valence-electron chi connectivity index (χ3n) is 6.01. The van der Waals surface area contributed by atoms with Crippen molar-refractivity contribution in [1.82, 2.24) is 20.1 Å². The van der Waals surface area contributed by atoms with Crippen molar-refractivity contribution in [3.05, 3.63) is 100 Å². The van der Waals surface area contributed by atoms with E-state index in [2.05, 4.69) is 25.4 Å². The van der Waals surface area contributed by atoms with Gasteiger partial charge in [-0.25, -0.2) is 9.97 Å². The van der Waals surface area contributed by atoms with Gasteiger partial charge in [-0.15, -0.1) is 0 Å². The Kier molecular flexibility index (Phi) is 6.73. The summed E-state index contributed by atoms with van der Waals surface area (Å²) in [7, 11) is 0. The molecular weight excluding hydrogens is 474 g/mol. The van der Waals surface area contributed by atoms with Gasteiger partial charge in [-0.3, -0.25) is 9.78 Å². The topological polar surface area (TPSA) is 93.8 Å². The van der Waals surface area contributed by atoms with Gasteiger partial charge >= 0.3 is 0 Å². The molecule has 0 bridgehead atoms. The predicted molar refractivity (Wildman–Crippen MR) is 140 cm³/mol. The number of nitrogens with zero attached hydrogens (tertiary/aromatic N) is 4. The minimum absolute atomic E-state index is 0.116. The van der Waals surface area contributed by atoms with E-state index in [4.69, 9.17) is 16.1 Å². The summed E-state index contributed by atoms with van der Waals surface area (Å²) in [5.74, 6) is 1.40. The summed E-state index contributed by atoms with van der Waals surface area (Å²) < 4.78 is 5.36. The first-order valence-corrected chi connectivity index (χ1v) is 12.0. The average molecular weight is 498 g/mol. The molecule has 0 amide bonds. The molecule has 7 nitrogen and oxygen atoms in total. The molecule has 0 unspecified atom stereocenters. The van der Waals surface area contributed by atoms with Crippen LogP contribution in [0.5, 0.6) is 0 Å². The van der Waals surface area contributed by atoms with Crippen molar-refractivity contribution in [1.29, 1.82) is 0 Å². The van der Waals surface area contributed by atoms with Crippen LogP contribution >= 0.6 is 11.6 Å². The van der Waals surface area contributed by atoms with Crippen LogP contribution in [-0.2, 0) is 13.0 Å². The molecule has 36 heavy (non-hydrogen) atoms. The maximum atomic E-state index is 13.1. The van der Waals surface area contributed by atoms with Gasteiger partial charge in [0, 0.05) is 41.3 Å². The molecule has 5 rings (SSSR count). The molecule has 3 aromatic heterocycles. The molecule has 0 spiro atoms. The van der Waals surface area contributed by atoms with E-state index in [0.717, 1.165) is 39.1 Å². The highest BCUT2D eigenvalue weighted by Crippen LogP contribution is 2.32. The number of halogens is 1. The molecule has 2 aromatic carbocycles. The van der Waals surface area contributed by atoms with Crippen molar-refractivity contribution < 1.29 is 9.32 Å². The summed E-state index contributed by atoms with van der Waals surface area (Å²) in [6, 6.07) is 17.3. The lowest BCUT2D eigenvalue weighted by Gasteiger charge is -2.12. The Morgan fingerprint density at radius 1 is 1.00 bits per heavy atom. The number of Topliss-reactive ketones (excluding diaryl/α,β-unsaturated/α-hetero) is 1. The summed E-state index contributed by atoms with van der Waals surface area (Å²) in [6.07, 6.45) is 4.35.